The van der Waals surface area contributed by atoms with Gasteiger partial charge in [-0.15, -0.1) is 0 Å². The summed E-state index contributed by atoms with van der Waals surface area (Å²) in [7, 11) is 3.51. The molecular formula is C6H12NY-. The molecule has 0 aromatic rings. The van der Waals surface area contributed by atoms with Gasteiger partial charge in [-0.1, -0.05) is 13.0 Å². The molecule has 0 aliphatic carbocycles. The van der Waals surface area contributed by atoms with Crippen LogP contribution < -0.4 is 5.32 Å². The van der Waals surface area contributed by atoms with E-state index >= 15 is 0 Å². The Morgan fingerprint density at radius 1 is 1.75 bits per heavy atom. The molecule has 0 aromatic carbocycles. The fourth-order valence-electron chi connectivity index (χ4n) is 0.431. The number of nitrogens with one attached hydrogen (secondary N) is 1. The zero-order valence-corrected chi connectivity index (χ0v) is 8.41. The maximum atomic E-state index is 3.51. The summed E-state index contributed by atoms with van der Waals surface area (Å²) in [6.07, 6.45) is 3.06. The van der Waals surface area contributed by atoms with E-state index in [9.17, 15) is 0 Å². The first-order chi connectivity index (χ1) is 3.35. The van der Waals surface area contributed by atoms with Crippen molar-refractivity contribution in [2.45, 2.75) is 20.3 Å². The van der Waals surface area contributed by atoms with Crippen molar-refractivity contribution < 1.29 is 32.7 Å². The molecule has 0 atom stereocenters. The summed E-state index contributed by atoms with van der Waals surface area (Å²) in [5.41, 5.74) is 1.19. The molecule has 0 spiro atoms. The summed E-state index contributed by atoms with van der Waals surface area (Å²) >= 11 is 0. The van der Waals surface area contributed by atoms with Crippen LogP contribution in [0.15, 0.2) is 11.8 Å². The molecule has 0 rings (SSSR count). The van der Waals surface area contributed by atoms with Gasteiger partial charge in [0.05, 0.1) is 0 Å². The third-order valence-corrected chi connectivity index (χ3v) is 0.956. The largest absolute Gasteiger partial charge is 0.542 e. The average Bonchev–Trinajstić information content (AvgIpc) is 1.72. The van der Waals surface area contributed by atoms with Crippen molar-refractivity contribution in [2.24, 2.45) is 0 Å². The Morgan fingerprint density at radius 3 is 2.25 bits per heavy atom. The second kappa shape index (κ2) is 7.64. The summed E-state index contributed by atoms with van der Waals surface area (Å²) in [5, 5.41) is 2.81. The number of hydrogen-bond donors (Lipinski definition) is 1. The quantitative estimate of drug-likeness (QED) is 0.648. The van der Waals surface area contributed by atoms with Crippen LogP contribution in [0, 0.1) is 7.05 Å². The Kier molecular flexibility index (Phi) is 10.9. The Balaban J connectivity index is 0. The first kappa shape index (κ1) is 11.4. The number of rotatable bonds is 2. The Hall–Kier alpha value is 0.644. The number of hydrogen-bond acceptors (Lipinski definition) is 1. The molecule has 1 N–H and O–H groups in total. The smallest absolute Gasteiger partial charge is 0 e. The predicted octanol–water partition coefficient (Wildman–Crippen LogP) is 1.68. The summed E-state index contributed by atoms with van der Waals surface area (Å²) in [4.78, 5) is 0. The molecular weight excluding hydrogens is 175 g/mol. The van der Waals surface area contributed by atoms with Crippen LogP contribution in [0.4, 0.5) is 0 Å². The normalized spacial score (nSPS) is 10.1. The van der Waals surface area contributed by atoms with Gasteiger partial charge in [-0.3, -0.25) is 7.05 Å². The maximum Gasteiger partial charge on any atom is 0 e. The molecule has 0 bridgehead atoms. The van der Waals surface area contributed by atoms with Crippen LogP contribution in [0.25, 0.3) is 0 Å². The van der Waals surface area contributed by atoms with Gasteiger partial charge in [0.2, 0.25) is 0 Å². The van der Waals surface area contributed by atoms with Gasteiger partial charge in [-0.25, -0.2) is 0 Å². The summed E-state index contributed by atoms with van der Waals surface area (Å²) in [6.45, 7) is 4.09. The van der Waals surface area contributed by atoms with E-state index in [0.29, 0.717) is 0 Å². The van der Waals surface area contributed by atoms with Gasteiger partial charge in [-0.05, 0) is 19.0 Å². The SMILES string of the molecule is [CH2-]N/C(=C\C)CC.[Y]. The van der Waals surface area contributed by atoms with Crippen molar-refractivity contribution in [2.75, 3.05) is 0 Å². The second-order valence-electron chi connectivity index (χ2n) is 1.34. The summed E-state index contributed by atoms with van der Waals surface area (Å²) < 4.78 is 0. The van der Waals surface area contributed by atoms with Crippen LogP contribution in [0.5, 0.6) is 0 Å². The Labute approximate surface area is 76.8 Å². The van der Waals surface area contributed by atoms with E-state index < -0.39 is 0 Å². The minimum Gasteiger partial charge on any atom is -0.542 e. The first-order valence-electron chi connectivity index (χ1n) is 2.53. The molecule has 0 heterocycles. The predicted molar refractivity (Wildman–Crippen MR) is 32.5 cm³/mol. The molecule has 1 radical (unpaired) electrons. The van der Waals surface area contributed by atoms with Gasteiger partial charge in [-0.2, -0.15) is 0 Å². The zero-order valence-electron chi connectivity index (χ0n) is 5.57. The maximum absolute atomic E-state index is 3.51. The second-order valence-corrected chi connectivity index (χ2v) is 1.34. The van der Waals surface area contributed by atoms with Crippen molar-refractivity contribution in [3.05, 3.63) is 18.8 Å². The van der Waals surface area contributed by atoms with Gasteiger partial charge < -0.3 is 5.32 Å². The van der Waals surface area contributed by atoms with E-state index in [1.807, 2.05) is 13.0 Å². The third kappa shape index (κ3) is 4.79. The number of allylic oxidation sites excluding steroid dienone is 2. The fourth-order valence-corrected chi connectivity index (χ4v) is 0.431. The molecule has 2 heteroatoms. The molecule has 0 fully saturated rings. The Morgan fingerprint density at radius 2 is 2.25 bits per heavy atom. The van der Waals surface area contributed by atoms with Gasteiger partial charge in [0.25, 0.3) is 0 Å². The molecule has 8 heavy (non-hydrogen) atoms. The van der Waals surface area contributed by atoms with E-state index in [2.05, 4.69) is 19.3 Å². The van der Waals surface area contributed by atoms with Gasteiger partial charge in [0.1, 0.15) is 0 Å². The average molecular weight is 187 g/mol. The van der Waals surface area contributed by atoms with E-state index in [1.54, 1.807) is 0 Å². The summed E-state index contributed by atoms with van der Waals surface area (Å²) in [5.74, 6) is 0. The van der Waals surface area contributed by atoms with Crippen LogP contribution in [0.3, 0.4) is 0 Å². The van der Waals surface area contributed by atoms with Crippen molar-refractivity contribution in [1.82, 2.24) is 5.32 Å². The van der Waals surface area contributed by atoms with E-state index in [1.165, 1.54) is 5.70 Å². The fraction of sp³-hybridized carbons (Fsp3) is 0.500. The van der Waals surface area contributed by atoms with Gasteiger partial charge in [0, 0.05) is 32.7 Å². The van der Waals surface area contributed by atoms with E-state index in [4.69, 9.17) is 0 Å². The van der Waals surface area contributed by atoms with Crippen LogP contribution in [0.2, 0.25) is 0 Å². The minimum atomic E-state index is 0. The van der Waals surface area contributed by atoms with Crippen molar-refractivity contribution in [3.63, 3.8) is 0 Å². The monoisotopic (exact) mass is 187 g/mol. The van der Waals surface area contributed by atoms with Crippen molar-refractivity contribution >= 4 is 0 Å². The minimum absolute atomic E-state index is 0. The van der Waals surface area contributed by atoms with Gasteiger partial charge in [0.15, 0.2) is 0 Å². The molecule has 0 aliphatic heterocycles. The van der Waals surface area contributed by atoms with Crippen LogP contribution in [-0.2, 0) is 32.7 Å². The van der Waals surface area contributed by atoms with Crippen LogP contribution in [0.1, 0.15) is 20.3 Å². The molecule has 1 nitrogen and oxygen atoms in total. The summed E-state index contributed by atoms with van der Waals surface area (Å²) in [6, 6.07) is 0. The molecule has 0 aromatic heterocycles. The Bertz CT molecular complexity index is 62.9. The molecule has 0 saturated carbocycles. The third-order valence-electron chi connectivity index (χ3n) is 0.956. The van der Waals surface area contributed by atoms with Gasteiger partial charge >= 0.3 is 0 Å². The van der Waals surface area contributed by atoms with Crippen molar-refractivity contribution in [3.8, 4) is 0 Å². The molecule has 0 saturated heterocycles. The molecule has 45 valence electrons. The standard InChI is InChI=1S/C6H12N.Y/c1-4-6(5-2)7-3;/h4,7H,3,5H2,1-2H3;/q-1;/b6-4-;. The van der Waals surface area contributed by atoms with Crippen LogP contribution >= 0.6 is 0 Å². The van der Waals surface area contributed by atoms with E-state index in [-0.39, 0.29) is 32.7 Å². The molecule has 0 aliphatic rings. The van der Waals surface area contributed by atoms with Crippen molar-refractivity contribution in [1.29, 1.82) is 0 Å². The van der Waals surface area contributed by atoms with E-state index in [0.717, 1.165) is 6.42 Å². The topological polar surface area (TPSA) is 12.0 Å². The zero-order chi connectivity index (χ0) is 5.70. The first-order valence-corrected chi connectivity index (χ1v) is 2.53. The molecule has 0 amide bonds. The molecule has 0 unspecified atom stereocenters. The van der Waals surface area contributed by atoms with Crippen LogP contribution in [-0.4, -0.2) is 0 Å².